The summed E-state index contributed by atoms with van der Waals surface area (Å²) in [4.78, 5) is 4.92. The van der Waals surface area contributed by atoms with E-state index in [0.717, 1.165) is 18.5 Å². The molecule has 3 atom stereocenters. The summed E-state index contributed by atoms with van der Waals surface area (Å²) in [7, 11) is 6.45. The predicted molar refractivity (Wildman–Crippen MR) is 80.1 cm³/mol. The molecule has 0 radical (unpaired) electrons. The number of likely N-dealkylation sites (N-methyl/N-ethyl adjacent to an activating group) is 2. The van der Waals surface area contributed by atoms with Gasteiger partial charge in [0, 0.05) is 18.6 Å². The second kappa shape index (κ2) is 8.13. The maximum absolute atomic E-state index is 3.49. The zero-order valence-corrected chi connectivity index (χ0v) is 13.1. The summed E-state index contributed by atoms with van der Waals surface area (Å²) in [6.07, 6.45) is 5.57. The Kier molecular flexibility index (Phi) is 7.20. The number of nitrogens with zero attached hydrogens (tertiary/aromatic N) is 2. The average molecular weight is 255 g/mol. The van der Waals surface area contributed by atoms with Gasteiger partial charge in [-0.2, -0.15) is 0 Å². The molecule has 0 aliphatic heterocycles. The zero-order chi connectivity index (χ0) is 13.5. The predicted octanol–water partition coefficient (Wildman–Crippen LogP) is 2.04. The first-order valence-electron chi connectivity index (χ1n) is 7.64. The highest BCUT2D eigenvalue weighted by molar-refractivity contribution is 4.83. The van der Waals surface area contributed by atoms with Gasteiger partial charge in [-0.3, -0.25) is 4.90 Å². The van der Waals surface area contributed by atoms with Crippen LogP contribution in [0.2, 0.25) is 0 Å². The lowest BCUT2D eigenvalue weighted by molar-refractivity contribution is 0.168. The van der Waals surface area contributed by atoms with Crippen molar-refractivity contribution in [2.24, 2.45) is 5.92 Å². The normalized spacial score (nSPS) is 26.2. The van der Waals surface area contributed by atoms with Crippen LogP contribution in [0.25, 0.3) is 0 Å². The van der Waals surface area contributed by atoms with Crippen molar-refractivity contribution < 1.29 is 0 Å². The topological polar surface area (TPSA) is 18.5 Å². The van der Waals surface area contributed by atoms with Crippen LogP contribution in [-0.2, 0) is 0 Å². The van der Waals surface area contributed by atoms with Crippen molar-refractivity contribution in [3.8, 4) is 0 Å². The van der Waals surface area contributed by atoms with Crippen LogP contribution < -0.4 is 5.32 Å². The molecule has 0 aromatic heterocycles. The molecule has 0 spiro atoms. The first-order chi connectivity index (χ1) is 8.58. The van der Waals surface area contributed by atoms with E-state index < -0.39 is 0 Å². The lowest BCUT2D eigenvalue weighted by Crippen LogP contribution is -2.41. The van der Waals surface area contributed by atoms with Gasteiger partial charge in [0.2, 0.25) is 0 Å². The molecule has 1 aliphatic carbocycles. The van der Waals surface area contributed by atoms with Crippen LogP contribution in [0.15, 0.2) is 0 Å². The van der Waals surface area contributed by atoms with Gasteiger partial charge in [-0.15, -0.1) is 0 Å². The Morgan fingerprint density at radius 3 is 2.56 bits per heavy atom. The summed E-state index contributed by atoms with van der Waals surface area (Å²) < 4.78 is 0. The summed E-state index contributed by atoms with van der Waals surface area (Å²) in [5.74, 6) is 0.899. The lowest BCUT2D eigenvalue weighted by atomic mass is 9.99. The molecular formula is C15H33N3. The largest absolute Gasteiger partial charge is 0.317 e. The minimum absolute atomic E-state index is 0.666. The molecule has 3 nitrogen and oxygen atoms in total. The SMILES string of the molecule is CCN(CCC1CCCC1NC)C(C)CN(C)C. The van der Waals surface area contributed by atoms with Crippen molar-refractivity contribution in [1.82, 2.24) is 15.1 Å². The molecule has 3 heteroatoms. The monoisotopic (exact) mass is 255 g/mol. The first kappa shape index (κ1) is 15.9. The molecule has 3 unspecified atom stereocenters. The fourth-order valence-corrected chi connectivity index (χ4v) is 3.43. The highest BCUT2D eigenvalue weighted by Crippen LogP contribution is 2.28. The fourth-order valence-electron chi connectivity index (χ4n) is 3.43. The van der Waals surface area contributed by atoms with E-state index in [1.807, 2.05) is 0 Å². The molecule has 0 aromatic rings. The van der Waals surface area contributed by atoms with Gasteiger partial charge in [0.25, 0.3) is 0 Å². The fraction of sp³-hybridized carbons (Fsp3) is 1.00. The van der Waals surface area contributed by atoms with E-state index in [1.54, 1.807) is 0 Å². The minimum atomic E-state index is 0.666. The summed E-state index contributed by atoms with van der Waals surface area (Å²) in [6, 6.07) is 1.44. The second-order valence-electron chi connectivity index (χ2n) is 6.11. The van der Waals surface area contributed by atoms with Crippen LogP contribution in [0.4, 0.5) is 0 Å². The zero-order valence-electron chi connectivity index (χ0n) is 13.1. The van der Waals surface area contributed by atoms with E-state index >= 15 is 0 Å². The van der Waals surface area contributed by atoms with E-state index in [9.17, 15) is 0 Å². The van der Waals surface area contributed by atoms with Crippen molar-refractivity contribution >= 4 is 0 Å². The van der Waals surface area contributed by atoms with E-state index in [2.05, 4.69) is 50.1 Å². The quantitative estimate of drug-likeness (QED) is 0.716. The Morgan fingerprint density at radius 2 is 2.00 bits per heavy atom. The molecule has 18 heavy (non-hydrogen) atoms. The highest BCUT2D eigenvalue weighted by atomic mass is 15.2. The maximum atomic E-state index is 3.49. The Labute approximate surface area is 114 Å². The molecule has 108 valence electrons. The molecule has 1 aliphatic rings. The molecule has 1 fully saturated rings. The highest BCUT2D eigenvalue weighted by Gasteiger charge is 2.26. The van der Waals surface area contributed by atoms with Gasteiger partial charge in [0.1, 0.15) is 0 Å². The van der Waals surface area contributed by atoms with E-state index in [4.69, 9.17) is 0 Å². The molecule has 1 rings (SSSR count). The Morgan fingerprint density at radius 1 is 1.28 bits per heavy atom. The maximum Gasteiger partial charge on any atom is 0.0194 e. The molecular weight excluding hydrogens is 222 g/mol. The Balaban J connectivity index is 2.34. The molecule has 0 aromatic carbocycles. The van der Waals surface area contributed by atoms with Gasteiger partial charge in [-0.1, -0.05) is 13.3 Å². The third-order valence-electron chi connectivity index (χ3n) is 4.48. The van der Waals surface area contributed by atoms with Gasteiger partial charge in [0.15, 0.2) is 0 Å². The van der Waals surface area contributed by atoms with E-state index in [0.29, 0.717) is 6.04 Å². The van der Waals surface area contributed by atoms with Crippen molar-refractivity contribution in [3.63, 3.8) is 0 Å². The van der Waals surface area contributed by atoms with Crippen LogP contribution in [-0.4, -0.2) is 62.7 Å². The molecule has 0 amide bonds. The summed E-state index contributed by atoms with van der Waals surface area (Å²) >= 11 is 0. The number of nitrogens with one attached hydrogen (secondary N) is 1. The average Bonchev–Trinajstić information content (AvgIpc) is 2.76. The second-order valence-corrected chi connectivity index (χ2v) is 6.11. The standard InChI is InChI=1S/C15H33N3/c1-6-18(13(2)12-17(4)5)11-10-14-8-7-9-15(14)16-3/h13-16H,6-12H2,1-5H3. The molecule has 1 saturated carbocycles. The van der Waals surface area contributed by atoms with Crippen LogP contribution >= 0.6 is 0 Å². The van der Waals surface area contributed by atoms with Crippen molar-refractivity contribution in [3.05, 3.63) is 0 Å². The number of hydrogen-bond acceptors (Lipinski definition) is 3. The lowest BCUT2D eigenvalue weighted by Gasteiger charge is -2.31. The molecule has 1 N–H and O–H groups in total. The van der Waals surface area contributed by atoms with Crippen LogP contribution in [0.3, 0.4) is 0 Å². The Hall–Kier alpha value is -0.120. The van der Waals surface area contributed by atoms with Gasteiger partial charge in [-0.05, 0) is 66.3 Å². The third kappa shape index (κ3) is 4.87. The summed E-state index contributed by atoms with van der Waals surface area (Å²) in [5, 5.41) is 3.49. The number of rotatable bonds is 8. The van der Waals surface area contributed by atoms with Gasteiger partial charge in [0.05, 0.1) is 0 Å². The minimum Gasteiger partial charge on any atom is -0.317 e. The number of hydrogen-bond donors (Lipinski definition) is 1. The third-order valence-corrected chi connectivity index (χ3v) is 4.48. The van der Waals surface area contributed by atoms with Crippen molar-refractivity contribution in [2.45, 2.75) is 51.6 Å². The first-order valence-corrected chi connectivity index (χ1v) is 7.64. The smallest absolute Gasteiger partial charge is 0.0194 e. The molecule has 0 bridgehead atoms. The van der Waals surface area contributed by atoms with Crippen LogP contribution in [0, 0.1) is 5.92 Å². The van der Waals surface area contributed by atoms with Crippen LogP contribution in [0.1, 0.15) is 39.5 Å². The Bertz CT molecular complexity index is 218. The van der Waals surface area contributed by atoms with Gasteiger partial charge < -0.3 is 10.2 Å². The van der Waals surface area contributed by atoms with Gasteiger partial charge in [-0.25, -0.2) is 0 Å². The van der Waals surface area contributed by atoms with E-state index in [-0.39, 0.29) is 0 Å². The summed E-state index contributed by atoms with van der Waals surface area (Å²) in [6.45, 7) is 8.23. The van der Waals surface area contributed by atoms with Crippen LogP contribution in [0.5, 0.6) is 0 Å². The van der Waals surface area contributed by atoms with Gasteiger partial charge >= 0.3 is 0 Å². The van der Waals surface area contributed by atoms with E-state index in [1.165, 1.54) is 38.8 Å². The summed E-state index contributed by atoms with van der Waals surface area (Å²) in [5.41, 5.74) is 0. The van der Waals surface area contributed by atoms with Crippen molar-refractivity contribution in [2.75, 3.05) is 40.8 Å². The van der Waals surface area contributed by atoms with Crippen molar-refractivity contribution in [1.29, 1.82) is 0 Å². The molecule has 0 heterocycles. The molecule has 0 saturated heterocycles.